The summed E-state index contributed by atoms with van der Waals surface area (Å²) in [5.41, 5.74) is -2.45. The van der Waals surface area contributed by atoms with Gasteiger partial charge in [-0.2, -0.15) is 36.9 Å². The standard InChI is InChI=1S/C40H43F6N9O5S/c1-38(2)36(59)54(28-4-3-24(20-48)30(18-28)39(41,42)43)37(61)55(38)27-5-7-29(8-6-27)60-14-13-52-11-12-53(32(21-52)40(44,45)46)22-34(57)50-26-16-23(19-47)15-25(17-26)49-31-9-10-33(56)51-35(31)58/h3-4,15-18,27,29,31-32,49H,5-14,21-22H2,1-2H3,(H,50,57)(H,51,56,58)/t27-,29-,31?,32-/m1/s1. The maximum Gasteiger partial charge on any atom is 0.417 e. The molecular weight excluding hydrogens is 833 g/mol. The SMILES string of the molecule is CC1(C)C(=O)N(c2ccc(C#N)c(C(F)(F)F)c2)C(=S)N1[C@H]1CC[C@H](OCCN2CCN(CC(=O)Nc3cc(C#N)cc(NC4CCC(=O)NC4=O)c3)[C@@H](C(F)(F)F)C2)CC1. The van der Waals surface area contributed by atoms with Gasteiger partial charge in [-0.1, -0.05) is 0 Å². The second kappa shape index (κ2) is 17.9. The molecule has 2 atom stereocenters. The summed E-state index contributed by atoms with van der Waals surface area (Å²) in [6, 6.07) is 7.80. The number of hydrogen-bond acceptors (Lipinski definition) is 11. The number of anilines is 3. The van der Waals surface area contributed by atoms with Crippen LogP contribution in [0.5, 0.6) is 0 Å². The van der Waals surface area contributed by atoms with E-state index in [1.54, 1.807) is 23.6 Å². The van der Waals surface area contributed by atoms with Gasteiger partial charge in [-0.15, -0.1) is 0 Å². The molecule has 4 aliphatic rings. The molecule has 1 unspecified atom stereocenters. The van der Waals surface area contributed by atoms with E-state index in [4.69, 9.17) is 17.0 Å². The van der Waals surface area contributed by atoms with Crippen LogP contribution < -0.4 is 20.9 Å². The van der Waals surface area contributed by atoms with Gasteiger partial charge >= 0.3 is 12.4 Å². The molecule has 4 amide bonds. The zero-order valence-corrected chi connectivity index (χ0v) is 34.0. The molecule has 1 aliphatic carbocycles. The van der Waals surface area contributed by atoms with Crippen LogP contribution in [-0.4, -0.2) is 119 Å². The van der Waals surface area contributed by atoms with Crippen LogP contribution in [-0.2, 0) is 30.1 Å². The fraction of sp³-hybridized carbons (Fsp3) is 0.525. The van der Waals surface area contributed by atoms with Crippen molar-refractivity contribution >= 4 is 58.0 Å². The number of carbonyl (C=O) groups is 4. The molecule has 3 N–H and O–H groups in total. The first kappa shape index (κ1) is 45.2. The minimum atomic E-state index is -4.82. The Kier molecular flexibility index (Phi) is 13.3. The summed E-state index contributed by atoms with van der Waals surface area (Å²) >= 11 is 5.67. The van der Waals surface area contributed by atoms with Gasteiger partial charge in [0.1, 0.15) is 17.6 Å². The van der Waals surface area contributed by atoms with Crippen molar-refractivity contribution in [3.63, 3.8) is 0 Å². The Bertz CT molecular complexity index is 2150. The predicted octanol–water partition coefficient (Wildman–Crippen LogP) is 4.89. The summed E-state index contributed by atoms with van der Waals surface area (Å²) in [6.45, 7) is 2.83. The second-order valence-corrected chi connectivity index (χ2v) is 16.3. The van der Waals surface area contributed by atoms with Crippen LogP contribution in [0.4, 0.5) is 43.4 Å². The fourth-order valence-electron chi connectivity index (χ4n) is 8.32. The number of piperazine rings is 1. The highest BCUT2D eigenvalue weighted by atomic mass is 32.1. The van der Waals surface area contributed by atoms with Gasteiger partial charge in [-0.3, -0.25) is 39.2 Å². The molecule has 0 spiro atoms. The Morgan fingerprint density at radius 1 is 0.967 bits per heavy atom. The Balaban J connectivity index is 0.988. The van der Waals surface area contributed by atoms with E-state index in [0.29, 0.717) is 31.4 Å². The van der Waals surface area contributed by atoms with Gasteiger partial charge in [-0.05, 0) is 94.6 Å². The molecule has 1 saturated carbocycles. The number of alkyl halides is 6. The van der Waals surface area contributed by atoms with Crippen LogP contribution in [0, 0.1) is 22.7 Å². The Labute approximate surface area is 352 Å². The number of amides is 4. The lowest BCUT2D eigenvalue weighted by molar-refractivity contribution is -0.197. The number of benzene rings is 2. The van der Waals surface area contributed by atoms with E-state index in [1.165, 1.54) is 30.3 Å². The van der Waals surface area contributed by atoms with Crippen LogP contribution in [0.3, 0.4) is 0 Å². The maximum atomic E-state index is 14.3. The number of nitrogens with zero attached hydrogens (tertiary/aromatic N) is 6. The third kappa shape index (κ3) is 10.2. The summed E-state index contributed by atoms with van der Waals surface area (Å²) in [7, 11) is 0. The molecule has 2 aromatic rings. The highest BCUT2D eigenvalue weighted by Gasteiger charge is 2.53. The lowest BCUT2D eigenvalue weighted by Crippen LogP contribution is -2.60. The zero-order valence-electron chi connectivity index (χ0n) is 33.2. The molecule has 326 valence electrons. The van der Waals surface area contributed by atoms with Crippen molar-refractivity contribution in [3.8, 4) is 12.1 Å². The van der Waals surface area contributed by atoms with E-state index in [-0.39, 0.29) is 73.3 Å². The van der Waals surface area contributed by atoms with E-state index >= 15 is 0 Å². The first-order valence-electron chi connectivity index (χ1n) is 19.6. The summed E-state index contributed by atoms with van der Waals surface area (Å²) in [5, 5.41) is 26.5. The lowest BCUT2D eigenvalue weighted by Gasteiger charge is -2.42. The quantitative estimate of drug-likeness (QED) is 0.159. The molecule has 2 aromatic carbocycles. The highest BCUT2D eigenvalue weighted by Crippen LogP contribution is 2.41. The minimum absolute atomic E-state index is 0.0507. The van der Waals surface area contributed by atoms with Crippen LogP contribution in [0.2, 0.25) is 0 Å². The predicted molar refractivity (Wildman–Crippen MR) is 212 cm³/mol. The Hall–Kier alpha value is -5.35. The normalized spacial score (nSPS) is 24.0. The van der Waals surface area contributed by atoms with Crippen LogP contribution in [0.25, 0.3) is 0 Å². The van der Waals surface area contributed by atoms with Gasteiger partial charge in [0.15, 0.2) is 5.11 Å². The molecule has 21 heteroatoms. The molecule has 0 radical (unpaired) electrons. The highest BCUT2D eigenvalue weighted by molar-refractivity contribution is 7.80. The molecule has 14 nitrogen and oxygen atoms in total. The largest absolute Gasteiger partial charge is 0.417 e. The summed E-state index contributed by atoms with van der Waals surface area (Å²) in [6.07, 6.45) is -7.22. The Morgan fingerprint density at radius 3 is 2.31 bits per heavy atom. The van der Waals surface area contributed by atoms with E-state index in [9.17, 15) is 56.0 Å². The van der Waals surface area contributed by atoms with Crippen molar-refractivity contribution < 1.29 is 50.3 Å². The van der Waals surface area contributed by atoms with Gasteiger partial charge < -0.3 is 20.3 Å². The fourth-order valence-corrected chi connectivity index (χ4v) is 8.88. The second-order valence-electron chi connectivity index (χ2n) is 15.9. The molecular formula is C40H43F6N9O5S. The van der Waals surface area contributed by atoms with E-state index in [0.717, 1.165) is 21.9 Å². The number of nitriles is 2. The molecule has 0 aromatic heterocycles. The van der Waals surface area contributed by atoms with E-state index in [1.807, 2.05) is 6.07 Å². The zero-order chi connectivity index (χ0) is 44.4. The number of rotatable bonds is 11. The number of halogens is 6. The third-order valence-electron chi connectivity index (χ3n) is 11.4. The number of piperidine rings is 1. The number of imide groups is 1. The van der Waals surface area contributed by atoms with Crippen molar-refractivity contribution in [1.82, 2.24) is 20.0 Å². The van der Waals surface area contributed by atoms with Gasteiger partial charge in [0.05, 0.1) is 53.8 Å². The number of carbonyl (C=O) groups excluding carboxylic acids is 4. The molecule has 3 aliphatic heterocycles. The van der Waals surface area contributed by atoms with E-state index in [2.05, 4.69) is 16.0 Å². The van der Waals surface area contributed by atoms with Crippen LogP contribution >= 0.6 is 12.2 Å². The molecule has 6 rings (SSSR count). The number of ether oxygens (including phenoxy) is 1. The van der Waals surface area contributed by atoms with Gasteiger partial charge in [0, 0.05) is 50.0 Å². The van der Waals surface area contributed by atoms with Crippen molar-refractivity contribution in [2.24, 2.45) is 0 Å². The maximum absolute atomic E-state index is 14.3. The van der Waals surface area contributed by atoms with Gasteiger partial charge in [0.25, 0.3) is 5.91 Å². The smallest absolute Gasteiger partial charge is 0.377 e. The van der Waals surface area contributed by atoms with Crippen molar-refractivity contribution in [2.45, 2.75) is 94.5 Å². The van der Waals surface area contributed by atoms with Crippen molar-refractivity contribution in [2.75, 3.05) is 54.9 Å². The molecule has 0 bridgehead atoms. The summed E-state index contributed by atoms with van der Waals surface area (Å²) in [5.74, 6) is -2.19. The number of nitrogens with one attached hydrogen (secondary N) is 3. The average molecular weight is 876 g/mol. The number of hydrogen-bond donors (Lipinski definition) is 3. The Morgan fingerprint density at radius 2 is 1.67 bits per heavy atom. The van der Waals surface area contributed by atoms with Gasteiger partial charge in [0.2, 0.25) is 17.7 Å². The molecule has 4 fully saturated rings. The monoisotopic (exact) mass is 875 g/mol. The summed E-state index contributed by atoms with van der Waals surface area (Å²) < 4.78 is 90.3. The summed E-state index contributed by atoms with van der Waals surface area (Å²) in [4.78, 5) is 55.9. The average Bonchev–Trinajstić information content (AvgIpc) is 3.37. The third-order valence-corrected chi connectivity index (χ3v) is 11.8. The minimum Gasteiger partial charge on any atom is -0.377 e. The van der Waals surface area contributed by atoms with Gasteiger partial charge in [-0.25, -0.2) is 0 Å². The first-order valence-corrected chi connectivity index (χ1v) is 20.0. The first-order chi connectivity index (χ1) is 28.7. The van der Waals surface area contributed by atoms with Crippen molar-refractivity contribution in [3.05, 3.63) is 53.1 Å². The topological polar surface area (TPSA) is 174 Å². The molecule has 61 heavy (non-hydrogen) atoms. The van der Waals surface area contributed by atoms with Crippen LogP contribution in [0.1, 0.15) is 69.1 Å². The molecule has 3 heterocycles. The number of thiocarbonyl (C=S) groups is 1. The van der Waals surface area contributed by atoms with E-state index < -0.39 is 77.8 Å². The lowest BCUT2D eigenvalue weighted by atomic mass is 9.89. The van der Waals surface area contributed by atoms with Crippen LogP contribution in [0.15, 0.2) is 36.4 Å². The molecule has 3 saturated heterocycles. The van der Waals surface area contributed by atoms with Crippen molar-refractivity contribution in [1.29, 1.82) is 10.5 Å².